The Kier molecular flexibility index (Phi) is 3.71. The van der Waals surface area contributed by atoms with Gasteiger partial charge in [0.05, 0.1) is 6.61 Å². The van der Waals surface area contributed by atoms with E-state index in [0.29, 0.717) is 11.7 Å². The first-order chi connectivity index (χ1) is 9.28. The molecule has 3 unspecified atom stereocenters. The molecular formula is C15H20FNO2. The fraction of sp³-hybridized carbons (Fsp3) is 0.600. The van der Waals surface area contributed by atoms with E-state index in [1.807, 2.05) is 13.1 Å². The van der Waals surface area contributed by atoms with Crippen molar-refractivity contribution in [1.82, 2.24) is 5.32 Å². The Hall–Kier alpha value is -1.13. The molecule has 3 nitrogen and oxygen atoms in total. The Labute approximate surface area is 113 Å². The summed E-state index contributed by atoms with van der Waals surface area (Å²) in [5.74, 6) is 0.858. The predicted octanol–water partition coefficient (Wildman–Crippen LogP) is 2.66. The van der Waals surface area contributed by atoms with Crippen LogP contribution in [0.4, 0.5) is 4.39 Å². The highest BCUT2D eigenvalue weighted by molar-refractivity contribution is 5.38. The molecule has 2 aliphatic rings. The SMILES string of the molecule is CNC1CC(C2CCCOC2)Oc2cc(F)ccc21. The summed E-state index contributed by atoms with van der Waals surface area (Å²) in [6.07, 6.45) is 3.26. The maximum Gasteiger partial charge on any atom is 0.127 e. The van der Waals surface area contributed by atoms with Gasteiger partial charge in [-0.3, -0.25) is 0 Å². The first-order valence-corrected chi connectivity index (χ1v) is 6.99. The zero-order valence-corrected chi connectivity index (χ0v) is 11.2. The monoisotopic (exact) mass is 265 g/mol. The van der Waals surface area contributed by atoms with Crippen molar-refractivity contribution in [2.45, 2.75) is 31.4 Å². The molecule has 0 bridgehead atoms. The molecule has 0 saturated carbocycles. The molecule has 0 aliphatic carbocycles. The summed E-state index contributed by atoms with van der Waals surface area (Å²) in [4.78, 5) is 0. The Morgan fingerprint density at radius 1 is 1.37 bits per heavy atom. The highest BCUT2D eigenvalue weighted by Crippen LogP contribution is 2.38. The number of hydrogen-bond donors (Lipinski definition) is 1. The van der Waals surface area contributed by atoms with Gasteiger partial charge in [-0.1, -0.05) is 6.07 Å². The van der Waals surface area contributed by atoms with E-state index in [1.54, 1.807) is 0 Å². The third-order valence-corrected chi connectivity index (χ3v) is 4.17. The van der Waals surface area contributed by atoms with Crippen molar-refractivity contribution in [1.29, 1.82) is 0 Å². The van der Waals surface area contributed by atoms with Gasteiger partial charge in [-0.2, -0.15) is 0 Å². The first-order valence-electron chi connectivity index (χ1n) is 6.99. The van der Waals surface area contributed by atoms with E-state index in [9.17, 15) is 4.39 Å². The Morgan fingerprint density at radius 3 is 3.00 bits per heavy atom. The molecule has 1 fully saturated rings. The zero-order chi connectivity index (χ0) is 13.2. The normalized spacial score (nSPS) is 30.5. The van der Waals surface area contributed by atoms with Crippen LogP contribution in [0.5, 0.6) is 5.75 Å². The van der Waals surface area contributed by atoms with E-state index in [4.69, 9.17) is 9.47 Å². The molecule has 1 N–H and O–H groups in total. The number of hydrogen-bond acceptors (Lipinski definition) is 3. The molecule has 1 aromatic rings. The van der Waals surface area contributed by atoms with Crippen molar-refractivity contribution in [3.05, 3.63) is 29.6 Å². The van der Waals surface area contributed by atoms with E-state index in [1.165, 1.54) is 12.1 Å². The Morgan fingerprint density at radius 2 is 2.26 bits per heavy atom. The van der Waals surface area contributed by atoms with Gasteiger partial charge in [-0.15, -0.1) is 0 Å². The molecule has 0 spiro atoms. The number of ether oxygens (including phenoxy) is 2. The van der Waals surface area contributed by atoms with Crippen LogP contribution in [0.1, 0.15) is 30.9 Å². The number of fused-ring (bicyclic) bond motifs is 1. The summed E-state index contributed by atoms with van der Waals surface area (Å²) in [6, 6.07) is 5.04. The van der Waals surface area contributed by atoms with Gasteiger partial charge in [0.25, 0.3) is 0 Å². The van der Waals surface area contributed by atoms with E-state index in [-0.39, 0.29) is 18.0 Å². The summed E-state index contributed by atoms with van der Waals surface area (Å²) in [5, 5.41) is 3.31. The van der Waals surface area contributed by atoms with Gasteiger partial charge < -0.3 is 14.8 Å². The molecule has 1 aromatic carbocycles. The van der Waals surface area contributed by atoms with E-state index in [2.05, 4.69) is 5.32 Å². The van der Waals surface area contributed by atoms with Gasteiger partial charge in [0.1, 0.15) is 17.7 Å². The van der Waals surface area contributed by atoms with Crippen LogP contribution in [0.25, 0.3) is 0 Å². The summed E-state index contributed by atoms with van der Waals surface area (Å²) < 4.78 is 24.9. The second kappa shape index (κ2) is 5.47. The molecule has 19 heavy (non-hydrogen) atoms. The van der Waals surface area contributed by atoms with Crippen LogP contribution < -0.4 is 10.1 Å². The van der Waals surface area contributed by atoms with Crippen LogP contribution >= 0.6 is 0 Å². The van der Waals surface area contributed by atoms with Crippen molar-refractivity contribution >= 4 is 0 Å². The second-order valence-electron chi connectivity index (χ2n) is 5.39. The molecule has 3 rings (SSSR count). The number of nitrogens with one attached hydrogen (secondary N) is 1. The van der Waals surface area contributed by atoms with Gasteiger partial charge in [0.15, 0.2) is 0 Å². The van der Waals surface area contributed by atoms with E-state index in [0.717, 1.165) is 38.0 Å². The lowest BCUT2D eigenvalue weighted by molar-refractivity contribution is -0.0108. The summed E-state index contributed by atoms with van der Waals surface area (Å²) in [7, 11) is 1.94. The molecule has 104 valence electrons. The second-order valence-corrected chi connectivity index (χ2v) is 5.39. The molecule has 0 radical (unpaired) electrons. The lowest BCUT2D eigenvalue weighted by atomic mass is 9.87. The highest BCUT2D eigenvalue weighted by Gasteiger charge is 2.33. The summed E-state index contributed by atoms with van der Waals surface area (Å²) in [6.45, 7) is 1.61. The lowest BCUT2D eigenvalue weighted by Crippen LogP contribution is -2.39. The summed E-state index contributed by atoms with van der Waals surface area (Å²) in [5.41, 5.74) is 1.05. The molecule has 0 amide bonds. The Bertz CT molecular complexity index is 446. The van der Waals surface area contributed by atoms with Crippen LogP contribution in [0.2, 0.25) is 0 Å². The third-order valence-electron chi connectivity index (χ3n) is 4.17. The van der Waals surface area contributed by atoms with Gasteiger partial charge >= 0.3 is 0 Å². The third kappa shape index (κ3) is 2.60. The number of halogens is 1. The van der Waals surface area contributed by atoms with Gasteiger partial charge in [0, 0.05) is 36.6 Å². The van der Waals surface area contributed by atoms with E-state index >= 15 is 0 Å². The minimum atomic E-state index is -0.242. The van der Waals surface area contributed by atoms with Crippen molar-refractivity contribution in [3.8, 4) is 5.75 Å². The maximum absolute atomic E-state index is 13.4. The molecule has 4 heteroatoms. The molecule has 3 atom stereocenters. The molecule has 0 aromatic heterocycles. The van der Waals surface area contributed by atoms with E-state index < -0.39 is 0 Å². The first kappa shape index (κ1) is 12.9. The number of rotatable bonds is 2. The topological polar surface area (TPSA) is 30.5 Å². The van der Waals surface area contributed by atoms with Crippen molar-refractivity contribution in [2.75, 3.05) is 20.3 Å². The van der Waals surface area contributed by atoms with Crippen LogP contribution in [-0.4, -0.2) is 26.4 Å². The number of benzene rings is 1. The minimum Gasteiger partial charge on any atom is -0.490 e. The molecular weight excluding hydrogens is 245 g/mol. The average Bonchev–Trinajstić information content (AvgIpc) is 2.46. The highest BCUT2D eigenvalue weighted by atomic mass is 19.1. The fourth-order valence-corrected chi connectivity index (χ4v) is 3.09. The van der Waals surface area contributed by atoms with Gasteiger partial charge in [0.2, 0.25) is 0 Å². The van der Waals surface area contributed by atoms with Crippen LogP contribution in [0, 0.1) is 11.7 Å². The van der Waals surface area contributed by atoms with Crippen LogP contribution in [0.15, 0.2) is 18.2 Å². The van der Waals surface area contributed by atoms with Gasteiger partial charge in [-0.25, -0.2) is 4.39 Å². The quantitative estimate of drug-likeness (QED) is 0.891. The van der Waals surface area contributed by atoms with Gasteiger partial charge in [-0.05, 0) is 26.0 Å². The molecule has 1 saturated heterocycles. The smallest absolute Gasteiger partial charge is 0.127 e. The largest absolute Gasteiger partial charge is 0.490 e. The average molecular weight is 265 g/mol. The maximum atomic E-state index is 13.4. The van der Waals surface area contributed by atoms with Crippen molar-refractivity contribution < 1.29 is 13.9 Å². The zero-order valence-electron chi connectivity index (χ0n) is 11.2. The molecule has 2 aliphatic heterocycles. The van der Waals surface area contributed by atoms with Crippen LogP contribution in [-0.2, 0) is 4.74 Å². The fourth-order valence-electron chi connectivity index (χ4n) is 3.09. The predicted molar refractivity (Wildman–Crippen MR) is 70.8 cm³/mol. The standard InChI is InChI=1S/C15H20FNO2/c1-17-13-8-14(10-3-2-6-18-9-10)19-15-7-11(16)4-5-12(13)15/h4-5,7,10,13-14,17H,2-3,6,8-9H2,1H3. The lowest BCUT2D eigenvalue weighted by Gasteiger charge is -2.37. The summed E-state index contributed by atoms with van der Waals surface area (Å²) >= 11 is 0. The molecule has 2 heterocycles. The van der Waals surface area contributed by atoms with Crippen LogP contribution in [0.3, 0.4) is 0 Å². The van der Waals surface area contributed by atoms with Crippen molar-refractivity contribution in [2.24, 2.45) is 5.92 Å². The Balaban J connectivity index is 1.83. The van der Waals surface area contributed by atoms with Crippen molar-refractivity contribution in [3.63, 3.8) is 0 Å². The minimum absolute atomic E-state index is 0.118.